The Morgan fingerprint density at radius 3 is 2.03 bits per heavy atom. The van der Waals surface area contributed by atoms with Gasteiger partial charge in [-0.25, -0.2) is 0 Å². The van der Waals surface area contributed by atoms with E-state index in [1.807, 2.05) is 0 Å². The van der Waals surface area contributed by atoms with E-state index < -0.39 is 5.38 Å². The van der Waals surface area contributed by atoms with Gasteiger partial charge in [0.2, 0.25) is 5.91 Å². The summed E-state index contributed by atoms with van der Waals surface area (Å²) in [6.07, 6.45) is 11.3. The van der Waals surface area contributed by atoms with Crippen molar-refractivity contribution in [3.8, 4) is 0 Å². The van der Waals surface area contributed by atoms with Gasteiger partial charge < -0.3 is 23.8 Å². The minimum absolute atomic E-state index is 0.0451. The van der Waals surface area contributed by atoms with Gasteiger partial charge in [-0.05, 0) is 25.7 Å². The van der Waals surface area contributed by atoms with Crippen molar-refractivity contribution < 1.29 is 23.7 Å². The summed E-state index contributed by atoms with van der Waals surface area (Å²) in [4.78, 5) is 14.9. The number of carbonyl (C=O) groups excluding carboxylic acids is 1. The van der Waals surface area contributed by atoms with Crippen molar-refractivity contribution in [2.24, 2.45) is 0 Å². The highest BCUT2D eigenvalue weighted by Gasteiger charge is 2.27. The van der Waals surface area contributed by atoms with Crippen molar-refractivity contribution in [1.82, 2.24) is 4.90 Å². The molecular weight excluding hydrogens is 430 g/mol. The third-order valence-electron chi connectivity index (χ3n) is 5.64. The average molecular weight is 478 g/mol. The Kier molecular flexibility index (Phi) is 18.5. The highest BCUT2D eigenvalue weighted by atomic mass is 35.5. The highest BCUT2D eigenvalue weighted by molar-refractivity contribution is 6.30. The zero-order chi connectivity index (χ0) is 23.4. The van der Waals surface area contributed by atoms with Gasteiger partial charge in [-0.2, -0.15) is 0 Å². The molecule has 0 bridgehead atoms. The molecule has 190 valence electrons. The molecular formula is C25H48ClNO5. The summed E-state index contributed by atoms with van der Waals surface area (Å²) in [7, 11) is 0. The number of alkyl halides is 1. The van der Waals surface area contributed by atoms with E-state index in [0.29, 0.717) is 52.4 Å². The van der Waals surface area contributed by atoms with Crippen LogP contribution < -0.4 is 0 Å². The zero-order valence-electron chi connectivity index (χ0n) is 20.8. The van der Waals surface area contributed by atoms with Crippen LogP contribution in [-0.2, 0) is 23.7 Å². The SMILES string of the molecule is CCCCCOC(CCN(CC1OCCCO1)C(=O)C(Cl)CCCCC)OCCCCC. The molecule has 1 aliphatic heterocycles. The fraction of sp³-hybridized carbons (Fsp3) is 0.960. The van der Waals surface area contributed by atoms with Crippen LogP contribution in [0.15, 0.2) is 0 Å². The van der Waals surface area contributed by atoms with Crippen molar-refractivity contribution in [1.29, 1.82) is 0 Å². The average Bonchev–Trinajstić information content (AvgIpc) is 2.81. The predicted molar refractivity (Wildman–Crippen MR) is 130 cm³/mol. The van der Waals surface area contributed by atoms with Crippen molar-refractivity contribution >= 4 is 17.5 Å². The number of rotatable bonds is 20. The Morgan fingerprint density at radius 2 is 1.47 bits per heavy atom. The normalized spacial score (nSPS) is 15.9. The molecule has 1 aliphatic rings. The van der Waals surface area contributed by atoms with Crippen LogP contribution in [0.5, 0.6) is 0 Å². The lowest BCUT2D eigenvalue weighted by Crippen LogP contribution is -2.45. The number of unbranched alkanes of at least 4 members (excludes halogenated alkanes) is 6. The molecule has 0 spiro atoms. The quantitative estimate of drug-likeness (QED) is 0.124. The van der Waals surface area contributed by atoms with E-state index in [1.165, 1.54) is 0 Å². The molecule has 0 aromatic heterocycles. The number of hydrogen-bond donors (Lipinski definition) is 0. The number of carbonyl (C=O) groups is 1. The molecule has 1 amide bonds. The third-order valence-corrected chi connectivity index (χ3v) is 6.05. The molecule has 1 atom stereocenters. The molecule has 0 saturated carbocycles. The van der Waals surface area contributed by atoms with Gasteiger partial charge in [-0.1, -0.05) is 65.7 Å². The minimum atomic E-state index is -0.514. The summed E-state index contributed by atoms with van der Waals surface area (Å²) < 4.78 is 23.5. The molecule has 1 fully saturated rings. The maximum atomic E-state index is 13.1. The van der Waals surface area contributed by atoms with Gasteiger partial charge in [-0.3, -0.25) is 4.79 Å². The third kappa shape index (κ3) is 14.0. The predicted octanol–water partition coefficient (Wildman–Crippen LogP) is 5.90. The Hall–Kier alpha value is -0.400. The Balaban J connectivity index is 2.65. The number of halogens is 1. The maximum Gasteiger partial charge on any atom is 0.240 e. The van der Waals surface area contributed by atoms with Crippen LogP contribution in [0.4, 0.5) is 0 Å². The van der Waals surface area contributed by atoms with Crippen molar-refractivity contribution in [2.45, 2.75) is 116 Å². The van der Waals surface area contributed by atoms with E-state index in [4.69, 9.17) is 30.5 Å². The first-order valence-corrected chi connectivity index (χ1v) is 13.4. The van der Waals surface area contributed by atoms with Gasteiger partial charge in [-0.15, -0.1) is 11.6 Å². The summed E-state index contributed by atoms with van der Waals surface area (Å²) in [5, 5.41) is -0.514. The molecule has 1 unspecified atom stereocenters. The number of ether oxygens (including phenoxy) is 4. The second-order valence-electron chi connectivity index (χ2n) is 8.65. The molecule has 1 heterocycles. The lowest BCUT2D eigenvalue weighted by atomic mass is 10.1. The fourth-order valence-corrected chi connectivity index (χ4v) is 3.91. The first-order chi connectivity index (χ1) is 15.6. The van der Waals surface area contributed by atoms with Crippen molar-refractivity contribution in [3.63, 3.8) is 0 Å². The summed E-state index contributed by atoms with van der Waals surface area (Å²) >= 11 is 6.50. The van der Waals surface area contributed by atoms with Crippen LogP contribution in [0.3, 0.4) is 0 Å². The van der Waals surface area contributed by atoms with Crippen molar-refractivity contribution in [3.05, 3.63) is 0 Å². The highest BCUT2D eigenvalue weighted by Crippen LogP contribution is 2.16. The molecule has 0 aromatic carbocycles. The van der Waals surface area contributed by atoms with Crippen LogP contribution in [0.1, 0.15) is 97.8 Å². The van der Waals surface area contributed by atoms with Gasteiger partial charge in [0.25, 0.3) is 0 Å². The van der Waals surface area contributed by atoms with Crippen LogP contribution in [0, 0.1) is 0 Å². The van der Waals surface area contributed by atoms with Crippen LogP contribution >= 0.6 is 11.6 Å². The Bertz CT molecular complexity index is 436. The van der Waals surface area contributed by atoms with Crippen LogP contribution in [0.2, 0.25) is 0 Å². The van der Waals surface area contributed by atoms with E-state index in [1.54, 1.807) is 4.90 Å². The Morgan fingerprint density at radius 1 is 0.906 bits per heavy atom. The molecule has 0 aliphatic carbocycles. The van der Waals surface area contributed by atoms with Crippen LogP contribution in [0.25, 0.3) is 0 Å². The van der Waals surface area contributed by atoms with Gasteiger partial charge in [0.15, 0.2) is 12.6 Å². The van der Waals surface area contributed by atoms with Gasteiger partial charge in [0.1, 0.15) is 5.38 Å². The van der Waals surface area contributed by atoms with E-state index in [-0.39, 0.29) is 18.5 Å². The molecule has 0 aromatic rings. The number of hydrogen-bond acceptors (Lipinski definition) is 5. The number of amides is 1. The largest absolute Gasteiger partial charge is 0.353 e. The molecule has 0 radical (unpaired) electrons. The topological polar surface area (TPSA) is 57.2 Å². The second-order valence-corrected chi connectivity index (χ2v) is 9.17. The van der Waals surface area contributed by atoms with E-state index >= 15 is 0 Å². The summed E-state index contributed by atoms with van der Waals surface area (Å²) in [5.41, 5.74) is 0. The standard InChI is InChI=1S/C25H48ClNO5/c1-4-7-10-14-22(26)25(28)27(21-24-31-19-13-20-32-24)16-15-23(29-17-11-8-5-2)30-18-12-9-6-3/h22-24H,4-21H2,1-3H3. The molecule has 7 heteroatoms. The van der Waals surface area contributed by atoms with Gasteiger partial charge in [0.05, 0.1) is 19.8 Å². The van der Waals surface area contributed by atoms with E-state index in [0.717, 1.165) is 64.2 Å². The fourth-order valence-electron chi connectivity index (χ4n) is 3.62. The van der Waals surface area contributed by atoms with E-state index in [9.17, 15) is 4.79 Å². The molecule has 32 heavy (non-hydrogen) atoms. The first-order valence-electron chi connectivity index (χ1n) is 13.0. The maximum absolute atomic E-state index is 13.1. The zero-order valence-corrected chi connectivity index (χ0v) is 21.6. The van der Waals surface area contributed by atoms with Crippen molar-refractivity contribution in [2.75, 3.05) is 39.5 Å². The second kappa shape index (κ2) is 20.0. The lowest BCUT2D eigenvalue weighted by molar-refractivity contribution is -0.191. The molecule has 1 saturated heterocycles. The monoisotopic (exact) mass is 477 g/mol. The summed E-state index contributed by atoms with van der Waals surface area (Å²) in [6, 6.07) is 0. The van der Waals surface area contributed by atoms with Gasteiger partial charge in [0, 0.05) is 26.2 Å². The molecule has 0 N–H and O–H groups in total. The van der Waals surface area contributed by atoms with Gasteiger partial charge >= 0.3 is 0 Å². The Labute approximate surface area is 201 Å². The lowest BCUT2D eigenvalue weighted by Gasteiger charge is -2.32. The van der Waals surface area contributed by atoms with Crippen LogP contribution in [-0.4, -0.2) is 68.3 Å². The van der Waals surface area contributed by atoms with E-state index in [2.05, 4.69) is 20.8 Å². The summed E-state index contributed by atoms with van der Waals surface area (Å²) in [6.45, 7) is 10.1. The first kappa shape index (κ1) is 29.6. The molecule has 1 rings (SSSR count). The number of nitrogens with zero attached hydrogens (tertiary/aromatic N) is 1. The summed E-state index contributed by atoms with van der Waals surface area (Å²) in [5.74, 6) is -0.0451. The molecule has 6 nitrogen and oxygen atoms in total. The minimum Gasteiger partial charge on any atom is -0.353 e. The smallest absolute Gasteiger partial charge is 0.240 e.